The highest BCUT2D eigenvalue weighted by atomic mass is 32.2. The van der Waals surface area contributed by atoms with E-state index >= 15 is 0 Å². The molecule has 1 heterocycles. The van der Waals surface area contributed by atoms with Gasteiger partial charge in [-0.3, -0.25) is 19.2 Å². The van der Waals surface area contributed by atoms with E-state index in [1.165, 1.54) is 0 Å². The second-order valence-electron chi connectivity index (χ2n) is 7.49. The lowest BCUT2D eigenvalue weighted by Gasteiger charge is -2.44. The lowest BCUT2D eigenvalue weighted by atomic mass is 9.97. The van der Waals surface area contributed by atoms with Gasteiger partial charge in [-0.2, -0.15) is 0 Å². The first-order valence-corrected chi connectivity index (χ1v) is 11.9. The van der Waals surface area contributed by atoms with Gasteiger partial charge in [-0.25, -0.2) is 13.1 Å². The smallest absolute Gasteiger partial charge is 0.304 e. The van der Waals surface area contributed by atoms with Crippen molar-refractivity contribution in [2.24, 2.45) is 0 Å². The first-order chi connectivity index (χ1) is 15.9. The number of rotatable bonds is 9. The van der Waals surface area contributed by atoms with Crippen molar-refractivity contribution in [3.05, 3.63) is 35.9 Å². The fourth-order valence-electron chi connectivity index (χ4n) is 3.34. The van der Waals surface area contributed by atoms with Crippen LogP contribution in [0.3, 0.4) is 0 Å². The molecule has 0 unspecified atom stereocenters. The van der Waals surface area contributed by atoms with Gasteiger partial charge in [-0.05, 0) is 5.56 Å². The summed E-state index contributed by atoms with van der Waals surface area (Å²) in [6.45, 7) is 3.90. The van der Waals surface area contributed by atoms with Crippen molar-refractivity contribution in [3.8, 4) is 0 Å². The average molecular weight is 502 g/mol. The lowest BCUT2D eigenvalue weighted by Crippen LogP contribution is -2.67. The van der Waals surface area contributed by atoms with Crippen molar-refractivity contribution < 1.29 is 51.3 Å². The first kappa shape index (κ1) is 27.2. The minimum absolute atomic E-state index is 0.445. The predicted molar refractivity (Wildman–Crippen MR) is 114 cm³/mol. The van der Waals surface area contributed by atoms with Gasteiger partial charge in [0.05, 0.1) is 5.75 Å². The molecule has 1 aliphatic heterocycles. The first-order valence-electron chi connectivity index (χ1n) is 10.2. The van der Waals surface area contributed by atoms with Gasteiger partial charge in [0, 0.05) is 27.7 Å². The molecule has 1 fully saturated rings. The minimum Gasteiger partial charge on any atom is -0.463 e. The number of ether oxygens (including phenoxy) is 5. The van der Waals surface area contributed by atoms with Crippen LogP contribution in [0.4, 0.5) is 0 Å². The van der Waals surface area contributed by atoms with Crippen LogP contribution in [-0.4, -0.2) is 69.5 Å². The Morgan fingerprint density at radius 2 is 1.41 bits per heavy atom. The standard InChI is InChI=1S/C21H27NO11S/c1-12(23)29-10-17-19(30-13(2)24)20(31-14(3)25)18(21(33-17)32-15(4)26)22-34(27,28)11-16-8-6-5-7-9-16/h5-9,17-22H,10-11H2,1-4H3/t17-,18+,19-,20-,21-/m1/s1. The molecular formula is C21H27NO11S. The molecule has 34 heavy (non-hydrogen) atoms. The summed E-state index contributed by atoms with van der Waals surface area (Å²) in [7, 11) is -4.11. The lowest BCUT2D eigenvalue weighted by molar-refractivity contribution is -0.269. The zero-order valence-electron chi connectivity index (χ0n) is 19.1. The van der Waals surface area contributed by atoms with Crippen LogP contribution in [0.15, 0.2) is 30.3 Å². The number of sulfonamides is 1. The van der Waals surface area contributed by atoms with Crippen molar-refractivity contribution >= 4 is 33.9 Å². The van der Waals surface area contributed by atoms with Gasteiger partial charge in [-0.15, -0.1) is 0 Å². The van der Waals surface area contributed by atoms with Crippen molar-refractivity contribution in [2.75, 3.05) is 6.61 Å². The monoisotopic (exact) mass is 501 g/mol. The highest BCUT2D eigenvalue weighted by Crippen LogP contribution is 2.28. The number of hydrogen-bond acceptors (Lipinski definition) is 11. The Morgan fingerprint density at radius 1 is 0.853 bits per heavy atom. The second kappa shape index (κ2) is 11.9. The van der Waals surface area contributed by atoms with Crippen molar-refractivity contribution in [1.29, 1.82) is 0 Å². The molecule has 0 bridgehead atoms. The molecular weight excluding hydrogens is 474 g/mol. The van der Waals surface area contributed by atoms with E-state index in [0.717, 1.165) is 27.7 Å². The van der Waals surface area contributed by atoms with Crippen LogP contribution in [0.1, 0.15) is 33.3 Å². The Morgan fingerprint density at radius 3 is 1.94 bits per heavy atom. The molecule has 2 rings (SSSR count). The van der Waals surface area contributed by atoms with E-state index < -0.39 is 76.9 Å². The summed E-state index contributed by atoms with van der Waals surface area (Å²) in [6.07, 6.45) is -5.71. The molecule has 5 atom stereocenters. The molecule has 0 radical (unpaired) electrons. The molecule has 0 saturated carbocycles. The summed E-state index contributed by atoms with van der Waals surface area (Å²) in [6, 6.07) is 6.75. The third kappa shape index (κ3) is 8.39. The summed E-state index contributed by atoms with van der Waals surface area (Å²) < 4.78 is 54.5. The maximum atomic E-state index is 12.9. The van der Waals surface area contributed by atoms with Gasteiger partial charge in [0.15, 0.2) is 12.2 Å². The van der Waals surface area contributed by atoms with Gasteiger partial charge in [0.25, 0.3) is 0 Å². The molecule has 1 aromatic carbocycles. The Bertz CT molecular complexity index is 995. The third-order valence-electron chi connectivity index (χ3n) is 4.50. The fourth-order valence-corrected chi connectivity index (χ4v) is 4.71. The van der Waals surface area contributed by atoms with E-state index in [1.54, 1.807) is 30.3 Å². The van der Waals surface area contributed by atoms with Crippen LogP contribution in [0.2, 0.25) is 0 Å². The van der Waals surface area contributed by atoms with Gasteiger partial charge < -0.3 is 23.7 Å². The number of carbonyl (C=O) groups is 4. The normalized spacial score (nSPS) is 24.5. The Labute approximate surface area is 196 Å². The summed E-state index contributed by atoms with van der Waals surface area (Å²) in [5.41, 5.74) is 0.462. The van der Waals surface area contributed by atoms with Crippen molar-refractivity contribution in [3.63, 3.8) is 0 Å². The highest BCUT2D eigenvalue weighted by molar-refractivity contribution is 7.88. The largest absolute Gasteiger partial charge is 0.463 e. The van der Waals surface area contributed by atoms with Crippen molar-refractivity contribution in [1.82, 2.24) is 4.72 Å². The Kier molecular flexibility index (Phi) is 9.53. The summed E-state index contributed by atoms with van der Waals surface area (Å²) in [5.74, 6) is -3.57. The summed E-state index contributed by atoms with van der Waals surface area (Å²) in [5, 5.41) is 0. The van der Waals surface area contributed by atoms with Gasteiger partial charge in [0.1, 0.15) is 18.8 Å². The molecule has 1 N–H and O–H groups in total. The Balaban J connectivity index is 2.45. The van der Waals surface area contributed by atoms with E-state index in [-0.39, 0.29) is 0 Å². The highest BCUT2D eigenvalue weighted by Gasteiger charge is 2.52. The summed E-state index contributed by atoms with van der Waals surface area (Å²) >= 11 is 0. The molecule has 1 aromatic rings. The van der Waals surface area contributed by atoms with E-state index in [0.29, 0.717) is 5.56 Å². The maximum Gasteiger partial charge on any atom is 0.304 e. The molecule has 0 aliphatic carbocycles. The van der Waals surface area contributed by atoms with Crippen LogP contribution < -0.4 is 4.72 Å². The second-order valence-corrected chi connectivity index (χ2v) is 9.25. The van der Waals surface area contributed by atoms with Crippen LogP contribution in [0.5, 0.6) is 0 Å². The average Bonchev–Trinajstić information content (AvgIpc) is 2.70. The third-order valence-corrected chi connectivity index (χ3v) is 5.84. The zero-order chi connectivity index (χ0) is 25.5. The van der Waals surface area contributed by atoms with Gasteiger partial charge in [0.2, 0.25) is 16.3 Å². The SMILES string of the molecule is CC(=O)OC[C@H]1O[C@@H](OC(C)=O)[C@@H](NS(=O)(=O)Cc2ccccc2)[C@@H](OC(C)=O)[C@@H]1OC(C)=O. The molecule has 1 aliphatic rings. The number of carbonyl (C=O) groups excluding carboxylic acids is 4. The molecule has 13 heteroatoms. The van der Waals surface area contributed by atoms with Crippen LogP contribution in [0, 0.1) is 0 Å². The summed E-state index contributed by atoms with van der Waals surface area (Å²) in [4.78, 5) is 46.7. The predicted octanol–water partition coefficient (Wildman–Crippen LogP) is 0.189. The van der Waals surface area contributed by atoms with E-state index in [1.807, 2.05) is 0 Å². The van der Waals surface area contributed by atoms with Gasteiger partial charge >= 0.3 is 23.9 Å². The van der Waals surface area contributed by atoms with E-state index in [4.69, 9.17) is 23.7 Å². The van der Waals surface area contributed by atoms with Crippen molar-refractivity contribution in [2.45, 2.75) is 64.1 Å². The quantitative estimate of drug-likeness (QED) is 0.363. The minimum atomic E-state index is -4.11. The topological polar surface area (TPSA) is 161 Å². The van der Waals surface area contributed by atoms with Gasteiger partial charge in [-0.1, -0.05) is 30.3 Å². The fraction of sp³-hybridized carbons (Fsp3) is 0.524. The Hall–Kier alpha value is -3.03. The molecule has 1 saturated heterocycles. The molecule has 0 amide bonds. The molecule has 0 spiro atoms. The number of esters is 4. The van der Waals surface area contributed by atoms with Crippen LogP contribution in [0.25, 0.3) is 0 Å². The number of hydrogen-bond donors (Lipinski definition) is 1. The number of benzene rings is 1. The molecule has 188 valence electrons. The van der Waals surface area contributed by atoms with Crippen LogP contribution >= 0.6 is 0 Å². The zero-order valence-corrected chi connectivity index (χ0v) is 19.9. The van der Waals surface area contributed by atoms with Crippen LogP contribution in [-0.2, 0) is 58.6 Å². The van der Waals surface area contributed by atoms with E-state index in [2.05, 4.69) is 4.72 Å². The molecule has 0 aromatic heterocycles. The van der Waals surface area contributed by atoms with E-state index in [9.17, 15) is 27.6 Å². The number of nitrogens with one attached hydrogen (secondary N) is 1. The maximum absolute atomic E-state index is 12.9. The molecule has 12 nitrogen and oxygen atoms in total.